The molecule has 0 saturated heterocycles. The number of aromatic nitrogens is 1. The summed E-state index contributed by atoms with van der Waals surface area (Å²) in [5.74, 6) is -0.884. The molecule has 4 heteroatoms. The van der Waals surface area contributed by atoms with Gasteiger partial charge in [0.15, 0.2) is 0 Å². The normalized spacial score (nSPS) is 10.3. The molecular formula is C11H8F2N2. The van der Waals surface area contributed by atoms with E-state index in [1.165, 1.54) is 12.1 Å². The molecule has 2 rings (SSSR count). The van der Waals surface area contributed by atoms with Crippen molar-refractivity contribution in [3.05, 3.63) is 48.2 Å². The molecule has 0 saturated carbocycles. The van der Waals surface area contributed by atoms with Crippen molar-refractivity contribution in [1.82, 2.24) is 4.98 Å². The van der Waals surface area contributed by atoms with E-state index in [1.54, 1.807) is 12.1 Å². The van der Waals surface area contributed by atoms with Gasteiger partial charge in [-0.25, -0.2) is 8.78 Å². The number of anilines is 1. The summed E-state index contributed by atoms with van der Waals surface area (Å²) in [6.45, 7) is 0. The minimum atomic E-state index is -0.507. The summed E-state index contributed by atoms with van der Waals surface area (Å²) in [5.41, 5.74) is 6.69. The molecule has 2 nitrogen and oxygen atoms in total. The third-order valence-electron chi connectivity index (χ3n) is 1.98. The Balaban J connectivity index is 2.54. The number of pyridine rings is 1. The van der Waals surface area contributed by atoms with Crippen molar-refractivity contribution in [1.29, 1.82) is 0 Å². The van der Waals surface area contributed by atoms with Crippen molar-refractivity contribution in [2.75, 3.05) is 5.73 Å². The summed E-state index contributed by atoms with van der Waals surface area (Å²) < 4.78 is 25.6. The molecule has 0 aliphatic heterocycles. The van der Waals surface area contributed by atoms with Gasteiger partial charge >= 0.3 is 0 Å². The number of hydrogen-bond acceptors (Lipinski definition) is 2. The Morgan fingerprint density at radius 1 is 1.07 bits per heavy atom. The van der Waals surface area contributed by atoms with E-state index in [2.05, 4.69) is 4.98 Å². The number of nitrogen functional groups attached to an aromatic ring is 1. The molecule has 1 aromatic carbocycles. The molecule has 2 N–H and O–H groups in total. The fraction of sp³-hybridized carbons (Fsp3) is 0. The monoisotopic (exact) mass is 206 g/mol. The number of nitrogens with zero attached hydrogens (tertiary/aromatic N) is 1. The van der Waals surface area contributed by atoms with E-state index in [9.17, 15) is 8.78 Å². The highest BCUT2D eigenvalue weighted by atomic mass is 19.1. The first-order valence-electron chi connectivity index (χ1n) is 4.34. The van der Waals surface area contributed by atoms with E-state index < -0.39 is 5.82 Å². The van der Waals surface area contributed by atoms with Crippen LogP contribution < -0.4 is 5.73 Å². The third kappa shape index (κ3) is 1.93. The van der Waals surface area contributed by atoms with Crippen molar-refractivity contribution in [2.45, 2.75) is 0 Å². The van der Waals surface area contributed by atoms with Crippen molar-refractivity contribution >= 4 is 5.69 Å². The van der Waals surface area contributed by atoms with Crippen LogP contribution in [0.25, 0.3) is 11.3 Å². The van der Waals surface area contributed by atoms with Crippen LogP contribution in [0.4, 0.5) is 14.5 Å². The molecule has 0 fully saturated rings. The minimum absolute atomic E-state index is 0.195. The first-order valence-corrected chi connectivity index (χ1v) is 4.34. The van der Waals surface area contributed by atoms with Gasteiger partial charge in [0.05, 0.1) is 17.6 Å². The Morgan fingerprint density at radius 3 is 2.53 bits per heavy atom. The average molecular weight is 206 g/mol. The van der Waals surface area contributed by atoms with Gasteiger partial charge in [-0.05, 0) is 12.1 Å². The fourth-order valence-corrected chi connectivity index (χ4v) is 1.33. The van der Waals surface area contributed by atoms with Crippen LogP contribution in [-0.2, 0) is 0 Å². The first-order chi connectivity index (χ1) is 7.16. The number of benzene rings is 1. The molecule has 0 aliphatic carbocycles. The maximum atomic E-state index is 12.9. The van der Waals surface area contributed by atoms with Crippen molar-refractivity contribution < 1.29 is 8.78 Å². The van der Waals surface area contributed by atoms with Crippen LogP contribution >= 0.6 is 0 Å². The highest BCUT2D eigenvalue weighted by Crippen LogP contribution is 2.23. The Kier molecular flexibility index (Phi) is 2.33. The van der Waals surface area contributed by atoms with E-state index in [0.717, 1.165) is 12.3 Å². The predicted octanol–water partition coefficient (Wildman–Crippen LogP) is 2.61. The Hall–Kier alpha value is -1.97. The molecule has 76 valence electrons. The van der Waals surface area contributed by atoms with Crippen LogP contribution in [0.5, 0.6) is 0 Å². The first kappa shape index (κ1) is 9.58. The van der Waals surface area contributed by atoms with Gasteiger partial charge in [0.1, 0.15) is 11.6 Å². The minimum Gasteiger partial charge on any atom is -0.397 e. The summed E-state index contributed by atoms with van der Waals surface area (Å²) in [6, 6.07) is 7.00. The van der Waals surface area contributed by atoms with E-state index in [4.69, 9.17) is 5.73 Å². The molecule has 0 spiro atoms. The molecule has 1 heterocycles. The lowest BCUT2D eigenvalue weighted by Crippen LogP contribution is -1.94. The van der Waals surface area contributed by atoms with E-state index in [1.807, 2.05) is 0 Å². The predicted molar refractivity (Wildman–Crippen MR) is 54.0 cm³/mol. The molecule has 15 heavy (non-hydrogen) atoms. The molecule has 0 radical (unpaired) electrons. The lowest BCUT2D eigenvalue weighted by molar-refractivity contribution is 0.622. The highest BCUT2D eigenvalue weighted by molar-refractivity contribution is 5.72. The summed E-state index contributed by atoms with van der Waals surface area (Å²) >= 11 is 0. The quantitative estimate of drug-likeness (QED) is 0.778. The number of nitrogens with two attached hydrogens (primary N) is 1. The number of halogens is 2. The Morgan fingerprint density at radius 2 is 1.87 bits per heavy atom. The van der Waals surface area contributed by atoms with Gasteiger partial charge in [-0.15, -0.1) is 0 Å². The Bertz CT molecular complexity index is 498. The van der Waals surface area contributed by atoms with Crippen LogP contribution in [0.3, 0.4) is 0 Å². The van der Waals surface area contributed by atoms with Gasteiger partial charge in [0.2, 0.25) is 0 Å². The van der Waals surface area contributed by atoms with E-state index in [0.29, 0.717) is 11.3 Å². The summed E-state index contributed by atoms with van der Waals surface area (Å²) in [4.78, 5) is 3.82. The summed E-state index contributed by atoms with van der Waals surface area (Å²) in [7, 11) is 0. The third-order valence-corrected chi connectivity index (χ3v) is 1.98. The molecule has 1 aromatic heterocycles. The summed E-state index contributed by atoms with van der Waals surface area (Å²) in [5, 5.41) is 0. The lowest BCUT2D eigenvalue weighted by atomic mass is 10.1. The van der Waals surface area contributed by atoms with Crippen LogP contribution in [0, 0.1) is 11.6 Å². The smallest absolute Gasteiger partial charge is 0.143 e. The van der Waals surface area contributed by atoms with Crippen LogP contribution in [0.15, 0.2) is 36.5 Å². The zero-order valence-electron chi connectivity index (χ0n) is 7.74. The van der Waals surface area contributed by atoms with Crippen molar-refractivity contribution in [3.8, 4) is 11.3 Å². The largest absolute Gasteiger partial charge is 0.397 e. The molecule has 0 aliphatic rings. The van der Waals surface area contributed by atoms with Gasteiger partial charge in [-0.3, -0.25) is 4.98 Å². The fourth-order valence-electron chi connectivity index (χ4n) is 1.33. The second-order valence-electron chi connectivity index (χ2n) is 3.10. The van der Waals surface area contributed by atoms with Gasteiger partial charge in [-0.2, -0.15) is 0 Å². The van der Waals surface area contributed by atoms with Gasteiger partial charge < -0.3 is 5.73 Å². The molecule has 0 unspecified atom stereocenters. The van der Waals surface area contributed by atoms with Crippen LogP contribution in [0.1, 0.15) is 0 Å². The van der Waals surface area contributed by atoms with Gasteiger partial charge in [-0.1, -0.05) is 12.1 Å². The standard InChI is InChI=1S/C11H8F2N2/c12-8-3-1-2-7(4-8)11-10(14)5-9(13)6-15-11/h1-6H,14H2. The van der Waals surface area contributed by atoms with Crippen molar-refractivity contribution in [2.24, 2.45) is 0 Å². The lowest BCUT2D eigenvalue weighted by Gasteiger charge is -2.04. The highest BCUT2D eigenvalue weighted by Gasteiger charge is 2.05. The number of hydrogen-bond donors (Lipinski definition) is 1. The topological polar surface area (TPSA) is 38.9 Å². The maximum absolute atomic E-state index is 12.9. The van der Waals surface area contributed by atoms with Crippen LogP contribution in [0.2, 0.25) is 0 Å². The van der Waals surface area contributed by atoms with Gasteiger partial charge in [0, 0.05) is 11.6 Å². The summed E-state index contributed by atoms with van der Waals surface area (Å²) in [6.07, 6.45) is 1.05. The zero-order valence-corrected chi connectivity index (χ0v) is 7.74. The van der Waals surface area contributed by atoms with Crippen LogP contribution in [-0.4, -0.2) is 4.98 Å². The maximum Gasteiger partial charge on any atom is 0.143 e. The van der Waals surface area contributed by atoms with Gasteiger partial charge in [0.25, 0.3) is 0 Å². The molecular weight excluding hydrogens is 198 g/mol. The Labute approximate surface area is 85.4 Å². The molecule has 0 bridgehead atoms. The molecule has 0 atom stereocenters. The van der Waals surface area contributed by atoms with E-state index >= 15 is 0 Å². The molecule has 0 amide bonds. The SMILES string of the molecule is Nc1cc(F)cnc1-c1cccc(F)c1. The second kappa shape index (κ2) is 3.65. The molecule has 2 aromatic rings. The average Bonchev–Trinajstić information content (AvgIpc) is 2.17. The van der Waals surface area contributed by atoms with Crippen molar-refractivity contribution in [3.63, 3.8) is 0 Å². The zero-order chi connectivity index (χ0) is 10.8. The second-order valence-corrected chi connectivity index (χ2v) is 3.10. The van der Waals surface area contributed by atoms with E-state index in [-0.39, 0.29) is 11.5 Å². The number of rotatable bonds is 1.